The second-order valence-corrected chi connectivity index (χ2v) is 8.61. The summed E-state index contributed by atoms with van der Waals surface area (Å²) >= 11 is 0. The predicted molar refractivity (Wildman–Crippen MR) is 55.5 cm³/mol. The Hall–Kier alpha value is -0.503. The van der Waals surface area contributed by atoms with E-state index in [2.05, 4.69) is 26.8 Å². The lowest BCUT2D eigenvalue weighted by atomic mass is 10.7. The lowest BCUT2D eigenvalue weighted by molar-refractivity contribution is 0.569. The highest BCUT2D eigenvalue weighted by molar-refractivity contribution is 6.91. The Morgan fingerprint density at radius 1 is 1.17 bits per heavy atom. The first-order valence-electron chi connectivity index (χ1n) is 4.81. The zero-order valence-electron chi connectivity index (χ0n) is 8.26. The maximum absolute atomic E-state index is 5.16. The normalized spacial score (nSPS) is 11.9. The highest BCUT2D eigenvalue weighted by atomic mass is 28.3. The number of furan rings is 1. The third kappa shape index (κ3) is 1.48. The van der Waals surface area contributed by atoms with Crippen LogP contribution in [0, 0.1) is 0 Å². The predicted octanol–water partition coefficient (Wildman–Crippen LogP) is 3.00. The molecule has 1 nitrogen and oxygen atoms in total. The number of hydrogen-bond acceptors (Lipinski definition) is 1. The molecular formula is C10H18OSi. The SMILES string of the molecule is CC[Si](CC)(CC)c1ccoc1. The molecule has 2 heteroatoms. The van der Waals surface area contributed by atoms with Crippen molar-refractivity contribution in [2.24, 2.45) is 0 Å². The average Bonchev–Trinajstić information content (AvgIpc) is 2.62. The molecule has 0 aliphatic carbocycles. The minimum absolute atomic E-state index is 1.14. The van der Waals surface area contributed by atoms with Crippen molar-refractivity contribution < 1.29 is 4.42 Å². The van der Waals surface area contributed by atoms with Crippen LogP contribution in [-0.4, -0.2) is 8.07 Å². The highest BCUT2D eigenvalue weighted by Crippen LogP contribution is 2.19. The molecule has 0 amide bonds. The van der Waals surface area contributed by atoms with Crippen LogP contribution >= 0.6 is 0 Å². The minimum atomic E-state index is -1.14. The maximum atomic E-state index is 5.16. The Labute approximate surface area is 75.8 Å². The van der Waals surface area contributed by atoms with Crippen molar-refractivity contribution in [1.29, 1.82) is 0 Å². The third-order valence-electron chi connectivity index (χ3n) is 3.16. The van der Waals surface area contributed by atoms with E-state index in [9.17, 15) is 0 Å². The number of rotatable bonds is 4. The molecule has 0 fully saturated rings. The van der Waals surface area contributed by atoms with E-state index in [1.807, 2.05) is 6.26 Å². The number of hydrogen-bond donors (Lipinski definition) is 0. The van der Waals surface area contributed by atoms with Crippen LogP contribution in [0.3, 0.4) is 0 Å². The Morgan fingerprint density at radius 2 is 1.75 bits per heavy atom. The summed E-state index contributed by atoms with van der Waals surface area (Å²) in [7, 11) is -1.14. The summed E-state index contributed by atoms with van der Waals surface area (Å²) in [4.78, 5) is 0. The first-order chi connectivity index (χ1) is 5.79. The van der Waals surface area contributed by atoms with E-state index in [1.165, 1.54) is 23.3 Å². The maximum Gasteiger partial charge on any atom is 0.0901 e. The van der Waals surface area contributed by atoms with Gasteiger partial charge in [0, 0.05) is 0 Å². The smallest absolute Gasteiger partial charge is 0.0901 e. The molecule has 0 aliphatic rings. The van der Waals surface area contributed by atoms with Crippen molar-refractivity contribution in [1.82, 2.24) is 0 Å². The lowest BCUT2D eigenvalue weighted by Crippen LogP contribution is -2.44. The zero-order chi connectivity index (χ0) is 9.03. The van der Waals surface area contributed by atoms with Gasteiger partial charge in [-0.3, -0.25) is 0 Å². The molecule has 0 spiro atoms. The van der Waals surface area contributed by atoms with Crippen molar-refractivity contribution in [2.45, 2.75) is 38.9 Å². The van der Waals surface area contributed by atoms with Gasteiger partial charge >= 0.3 is 0 Å². The van der Waals surface area contributed by atoms with Crippen LogP contribution in [0.1, 0.15) is 20.8 Å². The van der Waals surface area contributed by atoms with Gasteiger partial charge in [0.1, 0.15) is 0 Å². The Bertz CT molecular complexity index is 203. The second kappa shape index (κ2) is 3.94. The molecule has 0 bridgehead atoms. The fourth-order valence-corrected chi connectivity index (χ4v) is 5.39. The fourth-order valence-electron chi connectivity index (χ4n) is 1.93. The summed E-state index contributed by atoms with van der Waals surface area (Å²) in [5.41, 5.74) is 0. The van der Waals surface area contributed by atoms with Crippen LogP contribution in [0.2, 0.25) is 18.1 Å². The molecule has 0 unspecified atom stereocenters. The standard InChI is InChI=1S/C10H18OSi/c1-4-12(5-2,6-3)10-7-8-11-9-10/h7-9H,4-6H2,1-3H3. The van der Waals surface area contributed by atoms with Crippen molar-refractivity contribution >= 4 is 13.3 Å². The topological polar surface area (TPSA) is 13.1 Å². The fraction of sp³-hybridized carbons (Fsp3) is 0.600. The van der Waals surface area contributed by atoms with Gasteiger partial charge in [-0.15, -0.1) is 0 Å². The summed E-state index contributed by atoms with van der Waals surface area (Å²) in [5.74, 6) is 0. The molecule has 0 saturated carbocycles. The monoisotopic (exact) mass is 182 g/mol. The van der Waals surface area contributed by atoms with Crippen LogP contribution < -0.4 is 5.19 Å². The van der Waals surface area contributed by atoms with Crippen molar-refractivity contribution in [3.63, 3.8) is 0 Å². The molecule has 0 saturated heterocycles. The third-order valence-corrected chi connectivity index (χ3v) is 8.73. The Balaban J connectivity index is 2.93. The summed E-state index contributed by atoms with van der Waals surface area (Å²) in [6.45, 7) is 6.94. The molecule has 0 aromatic carbocycles. The average molecular weight is 182 g/mol. The second-order valence-electron chi connectivity index (χ2n) is 3.35. The molecule has 1 aromatic heterocycles. The Kier molecular flexibility index (Phi) is 3.15. The van der Waals surface area contributed by atoms with Gasteiger partial charge in [0.25, 0.3) is 0 Å². The van der Waals surface area contributed by atoms with Crippen molar-refractivity contribution in [3.05, 3.63) is 18.6 Å². The van der Waals surface area contributed by atoms with Crippen LogP contribution in [0.15, 0.2) is 23.0 Å². The summed E-state index contributed by atoms with van der Waals surface area (Å²) in [6.07, 6.45) is 3.75. The molecule has 1 heterocycles. The van der Waals surface area contributed by atoms with Gasteiger partial charge in [0.05, 0.1) is 20.6 Å². The summed E-state index contributed by atoms with van der Waals surface area (Å²) in [6, 6.07) is 6.15. The Morgan fingerprint density at radius 3 is 2.08 bits per heavy atom. The van der Waals surface area contributed by atoms with E-state index >= 15 is 0 Å². The van der Waals surface area contributed by atoms with Gasteiger partial charge in [-0.05, 0) is 11.3 Å². The van der Waals surface area contributed by atoms with Crippen LogP contribution in [0.25, 0.3) is 0 Å². The molecule has 68 valence electrons. The first-order valence-corrected chi connectivity index (χ1v) is 7.44. The van der Waals surface area contributed by atoms with Gasteiger partial charge < -0.3 is 4.42 Å². The zero-order valence-corrected chi connectivity index (χ0v) is 9.26. The van der Waals surface area contributed by atoms with Gasteiger partial charge in [-0.2, -0.15) is 0 Å². The first kappa shape index (κ1) is 9.58. The van der Waals surface area contributed by atoms with E-state index in [-0.39, 0.29) is 0 Å². The molecule has 1 aromatic rings. The minimum Gasteiger partial charge on any atom is -0.473 e. The van der Waals surface area contributed by atoms with E-state index in [1.54, 1.807) is 6.26 Å². The quantitative estimate of drug-likeness (QED) is 0.652. The molecule has 0 N–H and O–H groups in total. The lowest BCUT2D eigenvalue weighted by Gasteiger charge is -2.26. The van der Waals surface area contributed by atoms with Crippen molar-refractivity contribution in [2.75, 3.05) is 0 Å². The molecule has 0 atom stereocenters. The molecule has 12 heavy (non-hydrogen) atoms. The van der Waals surface area contributed by atoms with Crippen molar-refractivity contribution in [3.8, 4) is 0 Å². The molecule has 1 rings (SSSR count). The van der Waals surface area contributed by atoms with Crippen LogP contribution in [0.5, 0.6) is 0 Å². The van der Waals surface area contributed by atoms with Gasteiger partial charge in [-0.25, -0.2) is 0 Å². The summed E-state index contributed by atoms with van der Waals surface area (Å²) < 4.78 is 5.16. The van der Waals surface area contributed by atoms with E-state index < -0.39 is 8.07 Å². The molecular weight excluding hydrogens is 164 g/mol. The van der Waals surface area contributed by atoms with Crippen LogP contribution in [-0.2, 0) is 0 Å². The van der Waals surface area contributed by atoms with Crippen LogP contribution in [0.4, 0.5) is 0 Å². The van der Waals surface area contributed by atoms with E-state index in [0.717, 1.165) is 0 Å². The van der Waals surface area contributed by atoms with E-state index in [0.29, 0.717) is 0 Å². The molecule has 0 radical (unpaired) electrons. The molecule has 0 aliphatic heterocycles. The van der Waals surface area contributed by atoms with Gasteiger partial charge in [0.15, 0.2) is 0 Å². The largest absolute Gasteiger partial charge is 0.473 e. The van der Waals surface area contributed by atoms with E-state index in [4.69, 9.17) is 4.42 Å². The highest BCUT2D eigenvalue weighted by Gasteiger charge is 2.29. The van der Waals surface area contributed by atoms with Gasteiger partial charge in [-0.1, -0.05) is 38.9 Å². The summed E-state index contributed by atoms with van der Waals surface area (Å²) in [5, 5.41) is 1.50. The van der Waals surface area contributed by atoms with Gasteiger partial charge in [0.2, 0.25) is 0 Å².